The number of amides is 1. The summed E-state index contributed by atoms with van der Waals surface area (Å²) < 4.78 is 5.38. The number of anilines is 1. The van der Waals surface area contributed by atoms with Gasteiger partial charge in [-0.05, 0) is 59.5 Å². The van der Waals surface area contributed by atoms with Crippen LogP contribution in [0.2, 0.25) is 0 Å². The number of fused-ring (bicyclic) bond motifs is 3. The summed E-state index contributed by atoms with van der Waals surface area (Å²) in [7, 11) is 1.66. The highest BCUT2D eigenvalue weighted by Gasteiger charge is 2.46. The molecule has 0 spiro atoms. The van der Waals surface area contributed by atoms with Crippen molar-refractivity contribution in [3.05, 3.63) is 78.1 Å². The molecule has 3 heterocycles. The van der Waals surface area contributed by atoms with Gasteiger partial charge in [0, 0.05) is 24.3 Å². The molecule has 3 atom stereocenters. The minimum Gasteiger partial charge on any atom is -0.497 e. The largest absolute Gasteiger partial charge is 0.497 e. The van der Waals surface area contributed by atoms with E-state index < -0.39 is 0 Å². The van der Waals surface area contributed by atoms with Crippen molar-refractivity contribution in [2.45, 2.75) is 18.5 Å². The molecule has 2 aliphatic rings. The predicted molar refractivity (Wildman–Crippen MR) is 119 cm³/mol. The van der Waals surface area contributed by atoms with Crippen LogP contribution in [0, 0.1) is 5.92 Å². The van der Waals surface area contributed by atoms with Crippen LogP contribution in [0.15, 0.2) is 66.9 Å². The van der Waals surface area contributed by atoms with Gasteiger partial charge in [-0.15, -0.1) is 0 Å². The Bertz CT molecular complexity index is 1100. The summed E-state index contributed by atoms with van der Waals surface area (Å²) >= 11 is 0. The summed E-state index contributed by atoms with van der Waals surface area (Å²) in [5.74, 6) is 0.884. The van der Waals surface area contributed by atoms with Gasteiger partial charge in [0.05, 0.1) is 25.8 Å². The van der Waals surface area contributed by atoms with Gasteiger partial charge in [0.1, 0.15) is 11.4 Å². The average molecular weight is 415 g/mol. The van der Waals surface area contributed by atoms with Gasteiger partial charge in [-0.3, -0.25) is 9.78 Å². The van der Waals surface area contributed by atoms with E-state index in [1.807, 2.05) is 41.3 Å². The Labute approximate surface area is 181 Å². The molecule has 1 fully saturated rings. The van der Waals surface area contributed by atoms with Crippen molar-refractivity contribution in [3.63, 3.8) is 0 Å². The lowest BCUT2D eigenvalue weighted by molar-refractivity contribution is 0.0695. The molecule has 158 valence electrons. The van der Waals surface area contributed by atoms with Crippen molar-refractivity contribution in [2.24, 2.45) is 5.92 Å². The number of hydrogen-bond acceptors (Lipinski definition) is 5. The number of methoxy groups -OCH3 is 1. The molecular weight excluding hydrogens is 390 g/mol. The SMILES string of the molecule is COc1cccc(-c2ccc3c(c2)[C@@H]2[C@@H](CCN2C(=O)c2ccccn2)[C@@H](CO)N3)c1. The first-order chi connectivity index (χ1) is 15.2. The van der Waals surface area contributed by atoms with E-state index in [0.717, 1.165) is 34.5 Å². The van der Waals surface area contributed by atoms with Gasteiger partial charge in [0.25, 0.3) is 5.91 Å². The number of nitrogens with one attached hydrogen (secondary N) is 1. The van der Waals surface area contributed by atoms with Crippen LogP contribution < -0.4 is 10.1 Å². The van der Waals surface area contributed by atoms with Crippen LogP contribution in [0.3, 0.4) is 0 Å². The summed E-state index contributed by atoms with van der Waals surface area (Å²) in [4.78, 5) is 19.5. The molecule has 2 aromatic carbocycles. The van der Waals surface area contributed by atoms with Crippen molar-refractivity contribution in [1.29, 1.82) is 0 Å². The van der Waals surface area contributed by atoms with E-state index in [0.29, 0.717) is 12.2 Å². The predicted octanol–water partition coefficient (Wildman–Crippen LogP) is 3.75. The first kappa shape index (κ1) is 19.6. The lowest BCUT2D eigenvalue weighted by Gasteiger charge is -2.39. The second kappa shape index (κ2) is 8.04. The van der Waals surface area contributed by atoms with Crippen molar-refractivity contribution in [3.8, 4) is 16.9 Å². The van der Waals surface area contributed by atoms with E-state index in [4.69, 9.17) is 4.74 Å². The van der Waals surface area contributed by atoms with Crippen molar-refractivity contribution >= 4 is 11.6 Å². The van der Waals surface area contributed by atoms with E-state index in [1.54, 1.807) is 19.4 Å². The van der Waals surface area contributed by atoms with Crippen LogP contribution in [-0.4, -0.2) is 47.2 Å². The van der Waals surface area contributed by atoms with Gasteiger partial charge < -0.3 is 20.1 Å². The minimum atomic E-state index is -0.103. The Kier molecular flexibility index (Phi) is 5.08. The molecule has 1 amide bonds. The fourth-order valence-corrected chi connectivity index (χ4v) is 4.91. The van der Waals surface area contributed by atoms with Crippen LogP contribution in [0.1, 0.15) is 28.5 Å². The Morgan fingerprint density at radius 1 is 1.16 bits per heavy atom. The first-order valence-corrected chi connectivity index (χ1v) is 10.6. The third-order valence-corrected chi connectivity index (χ3v) is 6.42. The Morgan fingerprint density at radius 3 is 2.81 bits per heavy atom. The Balaban J connectivity index is 1.57. The molecule has 1 aromatic heterocycles. The zero-order valence-electron chi connectivity index (χ0n) is 17.4. The molecule has 1 saturated heterocycles. The summed E-state index contributed by atoms with van der Waals surface area (Å²) in [5, 5.41) is 13.5. The second-order valence-corrected chi connectivity index (χ2v) is 8.08. The molecule has 2 N–H and O–H groups in total. The zero-order chi connectivity index (χ0) is 21.4. The summed E-state index contributed by atoms with van der Waals surface area (Å²) in [6.45, 7) is 0.676. The smallest absolute Gasteiger partial charge is 0.272 e. The molecule has 6 nitrogen and oxygen atoms in total. The second-order valence-electron chi connectivity index (χ2n) is 8.08. The number of pyridine rings is 1. The van der Waals surface area contributed by atoms with E-state index >= 15 is 0 Å². The number of ether oxygens (including phenoxy) is 1. The number of carbonyl (C=O) groups is 1. The molecule has 0 saturated carbocycles. The monoisotopic (exact) mass is 415 g/mol. The topological polar surface area (TPSA) is 74.7 Å². The van der Waals surface area contributed by atoms with Crippen LogP contribution in [0.4, 0.5) is 5.69 Å². The van der Waals surface area contributed by atoms with Crippen LogP contribution in [0.25, 0.3) is 11.1 Å². The quantitative estimate of drug-likeness (QED) is 0.679. The highest BCUT2D eigenvalue weighted by molar-refractivity contribution is 5.93. The van der Waals surface area contributed by atoms with Gasteiger partial charge in [-0.1, -0.05) is 24.3 Å². The number of nitrogens with zero attached hydrogens (tertiary/aromatic N) is 2. The highest BCUT2D eigenvalue weighted by Crippen LogP contribution is 2.47. The number of rotatable bonds is 4. The molecular formula is C25H25N3O3. The third kappa shape index (κ3) is 3.43. The maximum Gasteiger partial charge on any atom is 0.272 e. The number of aliphatic hydroxyl groups is 1. The Hall–Kier alpha value is -3.38. The molecule has 0 aliphatic carbocycles. The fraction of sp³-hybridized carbons (Fsp3) is 0.280. The van der Waals surface area contributed by atoms with Gasteiger partial charge in [0.2, 0.25) is 0 Å². The fourth-order valence-electron chi connectivity index (χ4n) is 4.91. The molecule has 5 rings (SSSR count). The molecule has 0 unspecified atom stereocenters. The van der Waals surface area contributed by atoms with E-state index in [-0.39, 0.29) is 30.5 Å². The zero-order valence-corrected chi connectivity index (χ0v) is 17.4. The van der Waals surface area contributed by atoms with Gasteiger partial charge in [0.15, 0.2) is 0 Å². The summed E-state index contributed by atoms with van der Waals surface area (Å²) in [5.41, 5.74) is 4.62. The molecule has 2 aliphatic heterocycles. The standard InChI is InChI=1S/C25H25N3O3/c1-31-18-6-4-5-16(13-18)17-8-9-21-20(14-17)24-19(23(15-29)27-21)10-12-28(24)25(30)22-7-2-3-11-26-22/h2-9,11,13-14,19,23-24,27,29H,10,12,15H2,1H3/t19-,23+,24-/m0/s1. The van der Waals surface area contributed by atoms with Crippen LogP contribution >= 0.6 is 0 Å². The van der Waals surface area contributed by atoms with E-state index in [2.05, 4.69) is 28.5 Å². The van der Waals surface area contributed by atoms with Gasteiger partial charge in [-0.25, -0.2) is 0 Å². The van der Waals surface area contributed by atoms with Crippen molar-refractivity contribution in [2.75, 3.05) is 25.6 Å². The number of benzene rings is 2. The Morgan fingerprint density at radius 2 is 2.03 bits per heavy atom. The lowest BCUT2D eigenvalue weighted by Crippen LogP contribution is -2.43. The summed E-state index contributed by atoms with van der Waals surface area (Å²) in [6.07, 6.45) is 2.48. The van der Waals surface area contributed by atoms with E-state index in [9.17, 15) is 9.90 Å². The molecule has 0 bridgehead atoms. The number of aliphatic hydroxyl groups excluding tert-OH is 1. The highest BCUT2D eigenvalue weighted by atomic mass is 16.5. The van der Waals surface area contributed by atoms with Gasteiger partial charge >= 0.3 is 0 Å². The normalized spacial score (nSPS) is 21.7. The average Bonchev–Trinajstić information content (AvgIpc) is 3.29. The van der Waals surface area contributed by atoms with Crippen molar-refractivity contribution < 1.29 is 14.6 Å². The molecule has 31 heavy (non-hydrogen) atoms. The van der Waals surface area contributed by atoms with E-state index in [1.165, 1.54) is 0 Å². The molecule has 6 heteroatoms. The van der Waals surface area contributed by atoms with Crippen LogP contribution in [-0.2, 0) is 0 Å². The number of aromatic nitrogens is 1. The minimum absolute atomic E-state index is 0.0316. The molecule has 0 radical (unpaired) electrons. The first-order valence-electron chi connectivity index (χ1n) is 10.6. The van der Waals surface area contributed by atoms with Crippen LogP contribution in [0.5, 0.6) is 5.75 Å². The maximum atomic E-state index is 13.3. The number of hydrogen-bond donors (Lipinski definition) is 2. The maximum absolute atomic E-state index is 13.3. The van der Waals surface area contributed by atoms with Gasteiger partial charge in [-0.2, -0.15) is 0 Å². The lowest BCUT2D eigenvalue weighted by atomic mass is 9.82. The summed E-state index contributed by atoms with van der Waals surface area (Å²) in [6, 6.07) is 19.5. The molecule has 3 aromatic rings. The number of carbonyl (C=O) groups excluding carboxylic acids is 1. The third-order valence-electron chi connectivity index (χ3n) is 6.42. The van der Waals surface area contributed by atoms with Crippen molar-refractivity contribution in [1.82, 2.24) is 9.88 Å². The number of likely N-dealkylation sites (tertiary alicyclic amines) is 1.